The Labute approximate surface area is 171 Å². The van der Waals surface area contributed by atoms with Gasteiger partial charge in [0.2, 0.25) is 0 Å². The third kappa shape index (κ3) is 4.29. The molecule has 0 radical (unpaired) electrons. The highest BCUT2D eigenvalue weighted by Gasteiger charge is 2.23. The molecule has 1 fully saturated rings. The predicted molar refractivity (Wildman–Crippen MR) is 112 cm³/mol. The topological polar surface area (TPSA) is 0 Å². The Kier molecular flexibility index (Phi) is 6.12. The Morgan fingerprint density at radius 1 is 0.862 bits per heavy atom. The third-order valence-electron chi connectivity index (χ3n) is 7.01. The molecular weight excluding hydrogens is 369 g/mol. The number of fused-ring (bicyclic) bond motifs is 1. The molecule has 2 aromatic carbocycles. The fraction of sp³-hybridized carbons (Fsp3) is 0.462. The van der Waals surface area contributed by atoms with Gasteiger partial charge in [0.15, 0.2) is 11.6 Å². The number of hydrogen-bond acceptors (Lipinski definition) is 0. The third-order valence-corrected chi connectivity index (χ3v) is 7.01. The van der Waals surface area contributed by atoms with E-state index < -0.39 is 17.5 Å². The predicted octanol–water partition coefficient (Wildman–Crippen LogP) is 7.79. The van der Waals surface area contributed by atoms with E-state index in [9.17, 15) is 8.78 Å². The zero-order valence-electron chi connectivity index (χ0n) is 17.1. The molecule has 0 aliphatic heterocycles. The second-order valence-corrected chi connectivity index (χ2v) is 8.74. The van der Waals surface area contributed by atoms with Gasteiger partial charge in [0.05, 0.1) is 0 Å². The van der Waals surface area contributed by atoms with Crippen LogP contribution in [0.25, 0.3) is 11.1 Å². The molecule has 154 valence electrons. The summed E-state index contributed by atoms with van der Waals surface area (Å²) in [6.45, 7) is 2.29. The number of hydrogen-bond donors (Lipinski definition) is 0. The van der Waals surface area contributed by atoms with E-state index in [4.69, 9.17) is 0 Å². The first-order valence-corrected chi connectivity index (χ1v) is 11.0. The molecule has 2 aliphatic rings. The van der Waals surface area contributed by atoms with Crippen molar-refractivity contribution in [2.24, 2.45) is 11.8 Å². The van der Waals surface area contributed by atoms with E-state index in [1.165, 1.54) is 56.2 Å². The van der Waals surface area contributed by atoms with Crippen LogP contribution in [0.5, 0.6) is 0 Å². The van der Waals surface area contributed by atoms with Crippen molar-refractivity contribution in [3.05, 3.63) is 70.6 Å². The lowest BCUT2D eigenvalue weighted by atomic mass is 9.78. The first kappa shape index (κ1) is 20.3. The fourth-order valence-electron chi connectivity index (χ4n) is 5.04. The van der Waals surface area contributed by atoms with Crippen LogP contribution in [-0.2, 0) is 12.8 Å². The number of halogens is 3. The van der Waals surface area contributed by atoms with E-state index in [-0.39, 0.29) is 11.1 Å². The van der Waals surface area contributed by atoms with Gasteiger partial charge in [0, 0.05) is 11.1 Å². The van der Waals surface area contributed by atoms with Crippen molar-refractivity contribution in [3.8, 4) is 11.1 Å². The minimum absolute atomic E-state index is 0.0113. The molecule has 3 heteroatoms. The molecule has 0 saturated heterocycles. The molecule has 2 aliphatic carbocycles. The van der Waals surface area contributed by atoms with E-state index in [1.807, 2.05) is 6.07 Å². The molecule has 0 N–H and O–H groups in total. The van der Waals surface area contributed by atoms with E-state index in [0.29, 0.717) is 12.0 Å². The van der Waals surface area contributed by atoms with Gasteiger partial charge in [-0.15, -0.1) is 0 Å². The molecule has 0 atom stereocenters. The van der Waals surface area contributed by atoms with Gasteiger partial charge in [0.1, 0.15) is 5.82 Å². The first-order valence-electron chi connectivity index (χ1n) is 11.0. The van der Waals surface area contributed by atoms with E-state index in [0.717, 1.165) is 36.3 Å². The molecule has 0 spiro atoms. The van der Waals surface area contributed by atoms with Gasteiger partial charge < -0.3 is 0 Å². The molecule has 2 aromatic rings. The minimum Gasteiger partial charge on any atom is -0.206 e. The maximum Gasteiger partial charge on any atom is 0.166 e. The van der Waals surface area contributed by atoms with E-state index >= 15 is 4.39 Å². The van der Waals surface area contributed by atoms with Crippen molar-refractivity contribution < 1.29 is 13.2 Å². The molecule has 1 saturated carbocycles. The monoisotopic (exact) mass is 398 g/mol. The Bertz CT molecular complexity index is 904. The van der Waals surface area contributed by atoms with Crippen molar-refractivity contribution in [1.82, 2.24) is 0 Å². The van der Waals surface area contributed by atoms with Crippen LogP contribution in [0.1, 0.15) is 63.0 Å². The summed E-state index contributed by atoms with van der Waals surface area (Å²) < 4.78 is 42.8. The fourth-order valence-corrected chi connectivity index (χ4v) is 5.04. The molecule has 4 rings (SSSR count). The molecule has 0 aromatic heterocycles. The standard InChI is InChI=1S/C26H29F3/c1-2-17-6-8-18(9-7-17)10-11-19-12-14-21-20(16-19)13-15-23(25(21)28)22-4-3-5-24(27)26(22)29/h3-5,12-13,15,17-18H,2,6-11,14,16H2,1H3. The molecule has 0 heterocycles. The Morgan fingerprint density at radius 2 is 1.59 bits per heavy atom. The van der Waals surface area contributed by atoms with Gasteiger partial charge in [-0.3, -0.25) is 0 Å². The van der Waals surface area contributed by atoms with E-state index in [2.05, 4.69) is 13.0 Å². The van der Waals surface area contributed by atoms with Crippen molar-refractivity contribution in [2.45, 2.75) is 64.7 Å². The van der Waals surface area contributed by atoms with Crippen LogP contribution in [0.4, 0.5) is 13.2 Å². The molecule has 29 heavy (non-hydrogen) atoms. The smallest absolute Gasteiger partial charge is 0.166 e. The highest BCUT2D eigenvalue weighted by Crippen LogP contribution is 2.36. The molecule has 0 bridgehead atoms. The zero-order chi connectivity index (χ0) is 20.4. The maximum absolute atomic E-state index is 15.1. The van der Waals surface area contributed by atoms with Gasteiger partial charge in [-0.1, -0.05) is 74.9 Å². The highest BCUT2D eigenvalue weighted by atomic mass is 19.2. The lowest BCUT2D eigenvalue weighted by molar-refractivity contribution is 0.258. The van der Waals surface area contributed by atoms with Crippen LogP contribution in [0.15, 0.2) is 42.0 Å². The van der Waals surface area contributed by atoms with Crippen molar-refractivity contribution in [1.29, 1.82) is 0 Å². The summed E-state index contributed by atoms with van der Waals surface area (Å²) in [5.41, 5.74) is 3.13. The van der Waals surface area contributed by atoms with Gasteiger partial charge in [0.25, 0.3) is 0 Å². The average Bonchev–Trinajstić information content (AvgIpc) is 2.75. The molecular formula is C26H29F3. The van der Waals surface area contributed by atoms with Gasteiger partial charge in [-0.25, -0.2) is 13.2 Å². The van der Waals surface area contributed by atoms with Crippen LogP contribution in [0, 0.1) is 29.3 Å². The normalized spacial score (nSPS) is 21.6. The lowest BCUT2D eigenvalue weighted by Gasteiger charge is -2.28. The average molecular weight is 399 g/mol. The van der Waals surface area contributed by atoms with Crippen LogP contribution in [0.2, 0.25) is 0 Å². The summed E-state index contributed by atoms with van der Waals surface area (Å²) in [5.74, 6) is -0.603. The maximum atomic E-state index is 15.1. The summed E-state index contributed by atoms with van der Waals surface area (Å²) >= 11 is 0. The number of benzene rings is 2. The Hall–Kier alpha value is -2.03. The molecule has 0 amide bonds. The van der Waals surface area contributed by atoms with Crippen LogP contribution < -0.4 is 0 Å². The molecule has 0 nitrogen and oxygen atoms in total. The Balaban J connectivity index is 1.44. The highest BCUT2D eigenvalue weighted by molar-refractivity contribution is 5.67. The Morgan fingerprint density at radius 3 is 2.34 bits per heavy atom. The second kappa shape index (κ2) is 8.77. The SMILES string of the molecule is CCC1CCC(CCC2=CCc3c(ccc(-c4cccc(F)c4F)c3F)C2)CC1. The summed E-state index contributed by atoms with van der Waals surface area (Å²) in [5, 5.41) is 0. The van der Waals surface area contributed by atoms with Gasteiger partial charge in [-0.2, -0.15) is 0 Å². The van der Waals surface area contributed by atoms with Crippen LogP contribution >= 0.6 is 0 Å². The van der Waals surface area contributed by atoms with Crippen LogP contribution in [0.3, 0.4) is 0 Å². The quantitative estimate of drug-likeness (QED) is 0.451. The minimum atomic E-state index is -0.990. The van der Waals surface area contributed by atoms with E-state index in [1.54, 1.807) is 6.07 Å². The molecule has 0 unspecified atom stereocenters. The summed E-state index contributed by atoms with van der Waals surface area (Å²) in [6, 6.07) is 7.39. The van der Waals surface area contributed by atoms with Gasteiger partial charge in [-0.05, 0) is 54.7 Å². The summed E-state index contributed by atoms with van der Waals surface area (Å²) in [7, 11) is 0. The summed E-state index contributed by atoms with van der Waals surface area (Å²) in [6.07, 6.45) is 12.5. The van der Waals surface area contributed by atoms with Gasteiger partial charge >= 0.3 is 0 Å². The first-order chi connectivity index (χ1) is 14.1. The zero-order valence-corrected chi connectivity index (χ0v) is 17.1. The van der Waals surface area contributed by atoms with Crippen molar-refractivity contribution in [2.75, 3.05) is 0 Å². The van der Waals surface area contributed by atoms with Crippen molar-refractivity contribution >= 4 is 0 Å². The number of allylic oxidation sites excluding steroid dienone is 2. The van der Waals surface area contributed by atoms with Crippen LogP contribution in [-0.4, -0.2) is 0 Å². The second-order valence-electron chi connectivity index (χ2n) is 8.74. The lowest BCUT2D eigenvalue weighted by Crippen LogP contribution is -2.14. The largest absolute Gasteiger partial charge is 0.206 e. The number of rotatable bonds is 5. The van der Waals surface area contributed by atoms with Crippen molar-refractivity contribution in [3.63, 3.8) is 0 Å². The summed E-state index contributed by atoms with van der Waals surface area (Å²) in [4.78, 5) is 0.